The number of anilines is 1. The number of nitrogens with one attached hydrogen (secondary N) is 1. The Labute approximate surface area is 198 Å². The molecule has 0 spiro atoms. The molecule has 2 heterocycles. The van der Waals surface area contributed by atoms with E-state index in [-0.39, 0.29) is 6.42 Å². The first-order valence-electron chi connectivity index (χ1n) is 11.4. The summed E-state index contributed by atoms with van der Waals surface area (Å²) in [5.41, 5.74) is 5.36. The van der Waals surface area contributed by atoms with E-state index < -0.39 is 11.5 Å². The van der Waals surface area contributed by atoms with Gasteiger partial charge in [-0.25, -0.2) is 4.98 Å². The summed E-state index contributed by atoms with van der Waals surface area (Å²) < 4.78 is 0. The van der Waals surface area contributed by atoms with Crippen molar-refractivity contribution >= 4 is 23.0 Å². The maximum Gasteiger partial charge on any atom is 0.305 e. The fourth-order valence-corrected chi connectivity index (χ4v) is 5.68. The Morgan fingerprint density at radius 1 is 1.18 bits per heavy atom. The second kappa shape index (κ2) is 8.89. The SMILES string of the molecule is CN(C)C1CN(c2cccc(-c3csc(CNC4(CC(=O)O)Cc5ccccc5C4)n3)c2)C1. The molecule has 1 saturated heterocycles. The third kappa shape index (κ3) is 4.67. The van der Waals surface area contributed by atoms with Gasteiger partial charge in [-0.1, -0.05) is 36.4 Å². The van der Waals surface area contributed by atoms with Crippen LogP contribution in [0.3, 0.4) is 0 Å². The van der Waals surface area contributed by atoms with Gasteiger partial charge in [-0.05, 0) is 50.2 Å². The third-order valence-corrected chi connectivity index (χ3v) is 7.78. The van der Waals surface area contributed by atoms with Crippen LogP contribution < -0.4 is 10.2 Å². The Bertz CT molecular complexity index is 1130. The summed E-state index contributed by atoms with van der Waals surface area (Å²) in [4.78, 5) is 21.2. The number of thiazole rings is 1. The molecule has 7 heteroatoms. The molecule has 0 bridgehead atoms. The standard InChI is InChI=1S/C26H30N4O2S/c1-29(2)22-15-30(16-22)21-9-5-8-18(10-21)23-17-33-24(28-23)14-27-26(13-25(31)32)11-19-6-3-4-7-20(19)12-26/h3-10,17,22,27H,11-16H2,1-2H3,(H,31,32). The van der Waals surface area contributed by atoms with Crippen LogP contribution in [0.25, 0.3) is 11.3 Å². The highest BCUT2D eigenvalue weighted by Gasteiger charge is 2.38. The minimum Gasteiger partial charge on any atom is -0.481 e. The summed E-state index contributed by atoms with van der Waals surface area (Å²) in [5, 5.41) is 16.2. The molecule has 6 nitrogen and oxygen atoms in total. The molecule has 172 valence electrons. The Morgan fingerprint density at radius 2 is 1.91 bits per heavy atom. The Hall–Kier alpha value is -2.74. The minimum atomic E-state index is -0.769. The number of fused-ring (bicyclic) bond motifs is 1. The van der Waals surface area contributed by atoms with Crippen LogP contribution in [0.15, 0.2) is 53.9 Å². The number of hydrogen-bond acceptors (Lipinski definition) is 6. The van der Waals surface area contributed by atoms with E-state index >= 15 is 0 Å². The lowest BCUT2D eigenvalue weighted by Crippen LogP contribution is -2.57. The quantitative estimate of drug-likeness (QED) is 0.533. The predicted molar refractivity (Wildman–Crippen MR) is 133 cm³/mol. The summed E-state index contributed by atoms with van der Waals surface area (Å²) >= 11 is 1.63. The largest absolute Gasteiger partial charge is 0.481 e. The molecule has 2 N–H and O–H groups in total. The Kier molecular flexibility index (Phi) is 5.95. The highest BCUT2D eigenvalue weighted by Crippen LogP contribution is 2.34. The van der Waals surface area contributed by atoms with Crippen LogP contribution in [-0.4, -0.2) is 59.7 Å². The lowest BCUT2D eigenvalue weighted by Gasteiger charge is -2.44. The van der Waals surface area contributed by atoms with Crippen molar-refractivity contribution in [2.45, 2.75) is 37.4 Å². The van der Waals surface area contributed by atoms with E-state index in [1.807, 2.05) is 12.1 Å². The fraction of sp³-hybridized carbons (Fsp3) is 0.385. The fourth-order valence-electron chi connectivity index (χ4n) is 4.94. The predicted octanol–water partition coefficient (Wildman–Crippen LogP) is 3.66. The van der Waals surface area contributed by atoms with Crippen LogP contribution in [-0.2, 0) is 24.2 Å². The zero-order chi connectivity index (χ0) is 23.0. The molecule has 0 radical (unpaired) electrons. The van der Waals surface area contributed by atoms with Gasteiger partial charge in [-0.2, -0.15) is 0 Å². The summed E-state index contributed by atoms with van der Waals surface area (Å²) in [6.45, 7) is 2.68. The number of hydrogen-bond donors (Lipinski definition) is 2. The number of carbonyl (C=O) groups is 1. The number of benzene rings is 2. The van der Waals surface area contributed by atoms with Crippen LogP contribution in [0, 0.1) is 0 Å². The molecular formula is C26H30N4O2S. The van der Waals surface area contributed by atoms with Gasteiger partial charge in [0.15, 0.2) is 0 Å². The van der Waals surface area contributed by atoms with Gasteiger partial charge >= 0.3 is 5.97 Å². The summed E-state index contributed by atoms with van der Waals surface area (Å²) in [7, 11) is 4.27. The lowest BCUT2D eigenvalue weighted by atomic mass is 9.91. The van der Waals surface area contributed by atoms with Gasteiger partial charge in [0.1, 0.15) is 5.01 Å². The molecule has 0 unspecified atom stereocenters. The number of nitrogens with zero attached hydrogens (tertiary/aromatic N) is 3. The van der Waals surface area contributed by atoms with E-state index in [0.717, 1.165) is 42.2 Å². The average Bonchev–Trinajstić information content (AvgIpc) is 3.35. The maximum atomic E-state index is 11.6. The van der Waals surface area contributed by atoms with Crippen LogP contribution in [0.2, 0.25) is 0 Å². The molecule has 0 atom stereocenters. The Morgan fingerprint density at radius 3 is 2.58 bits per heavy atom. The van der Waals surface area contributed by atoms with Crippen LogP contribution in [0.5, 0.6) is 0 Å². The van der Waals surface area contributed by atoms with Gasteiger partial charge in [0.25, 0.3) is 0 Å². The number of aromatic nitrogens is 1. The zero-order valence-electron chi connectivity index (χ0n) is 19.1. The van der Waals surface area contributed by atoms with Crippen molar-refractivity contribution in [2.24, 2.45) is 0 Å². The van der Waals surface area contributed by atoms with Crippen LogP contribution >= 0.6 is 11.3 Å². The molecule has 0 amide bonds. The molecule has 1 fully saturated rings. The van der Waals surface area contributed by atoms with Gasteiger partial charge in [0.2, 0.25) is 0 Å². The number of carboxylic acids is 1. The summed E-state index contributed by atoms with van der Waals surface area (Å²) in [5.74, 6) is -0.769. The van der Waals surface area contributed by atoms with Gasteiger partial charge in [0.05, 0.1) is 12.1 Å². The van der Waals surface area contributed by atoms with Crippen molar-refractivity contribution in [1.29, 1.82) is 0 Å². The highest BCUT2D eigenvalue weighted by molar-refractivity contribution is 7.09. The van der Waals surface area contributed by atoms with E-state index in [0.29, 0.717) is 12.6 Å². The minimum absolute atomic E-state index is 0.103. The first-order chi connectivity index (χ1) is 15.9. The first kappa shape index (κ1) is 22.1. The molecule has 1 aliphatic heterocycles. The molecule has 5 rings (SSSR count). The number of carboxylic acid groups (broad SMARTS) is 1. The van der Waals surface area contributed by atoms with Gasteiger partial charge in [0, 0.05) is 47.8 Å². The Balaban J connectivity index is 1.27. The van der Waals surface area contributed by atoms with Crippen molar-refractivity contribution in [3.8, 4) is 11.3 Å². The zero-order valence-corrected chi connectivity index (χ0v) is 19.9. The van der Waals surface area contributed by atoms with E-state index in [1.165, 1.54) is 16.8 Å². The van der Waals surface area contributed by atoms with Crippen LogP contribution in [0.1, 0.15) is 22.6 Å². The van der Waals surface area contributed by atoms with Gasteiger partial charge in [-0.3, -0.25) is 4.79 Å². The molecular weight excluding hydrogens is 432 g/mol. The second-order valence-electron chi connectivity index (χ2n) is 9.53. The normalized spacial score (nSPS) is 17.2. The van der Waals surface area contributed by atoms with E-state index in [1.54, 1.807) is 11.3 Å². The van der Waals surface area contributed by atoms with Gasteiger partial charge < -0.3 is 20.2 Å². The summed E-state index contributed by atoms with van der Waals surface area (Å²) in [6.07, 6.45) is 1.57. The van der Waals surface area contributed by atoms with Gasteiger partial charge in [-0.15, -0.1) is 11.3 Å². The molecule has 0 saturated carbocycles. The number of rotatable bonds is 8. The number of aliphatic carboxylic acids is 1. The van der Waals surface area contributed by atoms with Crippen molar-refractivity contribution in [1.82, 2.24) is 15.2 Å². The first-order valence-corrected chi connectivity index (χ1v) is 12.3. The van der Waals surface area contributed by atoms with E-state index in [2.05, 4.69) is 71.0 Å². The molecule has 33 heavy (non-hydrogen) atoms. The highest BCUT2D eigenvalue weighted by atomic mass is 32.1. The smallest absolute Gasteiger partial charge is 0.305 e. The number of likely N-dealkylation sites (N-methyl/N-ethyl adjacent to an activating group) is 1. The summed E-state index contributed by atoms with van der Waals surface area (Å²) in [6, 6.07) is 17.5. The van der Waals surface area contributed by atoms with E-state index in [9.17, 15) is 9.90 Å². The van der Waals surface area contributed by atoms with Crippen molar-refractivity contribution < 1.29 is 9.90 Å². The van der Waals surface area contributed by atoms with Crippen LogP contribution in [0.4, 0.5) is 5.69 Å². The molecule has 2 aromatic carbocycles. The molecule has 1 aliphatic carbocycles. The monoisotopic (exact) mass is 462 g/mol. The average molecular weight is 463 g/mol. The molecule has 2 aliphatic rings. The third-order valence-electron chi connectivity index (χ3n) is 6.93. The van der Waals surface area contributed by atoms with Crippen molar-refractivity contribution in [3.63, 3.8) is 0 Å². The van der Waals surface area contributed by atoms with E-state index in [4.69, 9.17) is 4.98 Å². The topological polar surface area (TPSA) is 68.7 Å². The van der Waals surface area contributed by atoms with Crippen molar-refractivity contribution in [2.75, 3.05) is 32.1 Å². The molecule has 3 aromatic rings. The molecule has 1 aromatic heterocycles. The van der Waals surface area contributed by atoms with Crippen molar-refractivity contribution in [3.05, 3.63) is 70.0 Å². The second-order valence-corrected chi connectivity index (χ2v) is 10.5. The maximum absolute atomic E-state index is 11.6. The lowest BCUT2D eigenvalue weighted by molar-refractivity contribution is -0.138.